The summed E-state index contributed by atoms with van der Waals surface area (Å²) in [4.78, 5) is 11.1. The smallest absolute Gasteiger partial charge is 0.220 e. The maximum atomic E-state index is 11.1. The fraction of sp³-hybridized carbons (Fsp3) is 0.750. The van der Waals surface area contributed by atoms with Crippen molar-refractivity contribution in [1.29, 1.82) is 0 Å². The first-order chi connectivity index (χ1) is 8.58. The van der Waals surface area contributed by atoms with E-state index >= 15 is 0 Å². The van der Waals surface area contributed by atoms with Gasteiger partial charge in [0.15, 0.2) is 0 Å². The van der Waals surface area contributed by atoms with Gasteiger partial charge >= 0.3 is 0 Å². The molecule has 2 rings (SSSR count). The molecule has 1 amide bonds. The van der Waals surface area contributed by atoms with E-state index in [-0.39, 0.29) is 11.8 Å². The molecule has 0 unspecified atom stereocenters. The molecule has 0 spiro atoms. The lowest BCUT2D eigenvalue weighted by Crippen LogP contribution is -2.36. The number of carbonyl (C=O) groups excluding carboxylic acids is 1. The molecule has 1 aliphatic carbocycles. The van der Waals surface area contributed by atoms with Gasteiger partial charge in [-0.05, 0) is 32.6 Å². The predicted octanol–water partition coefficient (Wildman–Crippen LogP) is 0.257. The van der Waals surface area contributed by atoms with E-state index in [9.17, 15) is 4.79 Å². The summed E-state index contributed by atoms with van der Waals surface area (Å²) in [5, 5.41) is 11.6. The van der Waals surface area contributed by atoms with Gasteiger partial charge in [0, 0.05) is 19.0 Å². The van der Waals surface area contributed by atoms with E-state index < -0.39 is 0 Å². The summed E-state index contributed by atoms with van der Waals surface area (Å²) >= 11 is 0. The molecule has 1 saturated carbocycles. The van der Waals surface area contributed by atoms with Crippen LogP contribution in [0.4, 0.5) is 0 Å². The molecule has 18 heavy (non-hydrogen) atoms. The van der Waals surface area contributed by atoms with Crippen molar-refractivity contribution in [3.8, 4) is 0 Å². The molecule has 0 radical (unpaired) electrons. The summed E-state index contributed by atoms with van der Waals surface area (Å²) in [7, 11) is 1.97. The zero-order valence-corrected chi connectivity index (χ0v) is 11.0. The average Bonchev–Trinajstić information content (AvgIpc) is 2.68. The van der Waals surface area contributed by atoms with E-state index in [4.69, 9.17) is 5.73 Å². The van der Waals surface area contributed by atoms with Crippen molar-refractivity contribution in [3.63, 3.8) is 0 Å². The van der Waals surface area contributed by atoms with Gasteiger partial charge in [-0.1, -0.05) is 0 Å². The molecule has 0 aromatic carbocycles. The molecule has 1 heterocycles. The Bertz CT molecular complexity index is 420. The number of nitrogens with two attached hydrogens (primary N) is 1. The Morgan fingerprint density at radius 2 is 2.06 bits per heavy atom. The number of hydrogen-bond donors (Lipinski definition) is 2. The second-order valence-electron chi connectivity index (χ2n) is 5.05. The molecule has 1 aliphatic rings. The van der Waals surface area contributed by atoms with Crippen LogP contribution in [0, 0.1) is 12.8 Å². The van der Waals surface area contributed by atoms with Crippen molar-refractivity contribution in [2.75, 3.05) is 0 Å². The maximum absolute atomic E-state index is 11.1. The van der Waals surface area contributed by atoms with Crippen LogP contribution >= 0.6 is 0 Å². The zero-order valence-electron chi connectivity index (χ0n) is 11.0. The first-order valence-corrected chi connectivity index (χ1v) is 6.45. The number of carbonyl (C=O) groups is 1. The van der Waals surface area contributed by atoms with Crippen LogP contribution in [0.3, 0.4) is 0 Å². The van der Waals surface area contributed by atoms with Crippen LogP contribution in [0.25, 0.3) is 0 Å². The molecule has 3 N–H and O–H groups in total. The third-order valence-corrected chi connectivity index (χ3v) is 3.86. The standard InChI is InChI=1S/C12H21N5O/c1-8-15-16-11(17(8)2)7-14-10-5-3-9(4-6-10)12(13)18/h9-10,14H,3-7H2,1-2H3,(H2,13,18). The Morgan fingerprint density at radius 3 is 2.56 bits per heavy atom. The minimum absolute atomic E-state index is 0.0696. The molecule has 0 atom stereocenters. The highest BCUT2D eigenvalue weighted by molar-refractivity contribution is 5.76. The maximum Gasteiger partial charge on any atom is 0.220 e. The second kappa shape index (κ2) is 5.48. The molecular formula is C12H21N5O. The van der Waals surface area contributed by atoms with Gasteiger partial charge in [0.05, 0.1) is 6.54 Å². The van der Waals surface area contributed by atoms with Crippen LogP contribution in [0.5, 0.6) is 0 Å². The molecule has 1 aromatic rings. The number of primary amides is 1. The highest BCUT2D eigenvalue weighted by atomic mass is 16.1. The van der Waals surface area contributed by atoms with Crippen LogP contribution < -0.4 is 11.1 Å². The minimum atomic E-state index is -0.155. The Labute approximate surface area is 107 Å². The summed E-state index contributed by atoms with van der Waals surface area (Å²) in [6, 6.07) is 0.456. The van der Waals surface area contributed by atoms with Gasteiger partial charge in [0.2, 0.25) is 5.91 Å². The third-order valence-electron chi connectivity index (χ3n) is 3.86. The summed E-state index contributed by atoms with van der Waals surface area (Å²) < 4.78 is 1.99. The fourth-order valence-corrected chi connectivity index (χ4v) is 2.42. The van der Waals surface area contributed by atoms with Crippen molar-refractivity contribution < 1.29 is 4.79 Å². The summed E-state index contributed by atoms with van der Waals surface area (Å²) in [6.07, 6.45) is 3.80. The summed E-state index contributed by atoms with van der Waals surface area (Å²) in [5.41, 5.74) is 5.32. The van der Waals surface area contributed by atoms with E-state index in [1.165, 1.54) is 0 Å². The number of amides is 1. The van der Waals surface area contributed by atoms with Gasteiger partial charge in [-0.25, -0.2) is 0 Å². The first kappa shape index (κ1) is 13.0. The van der Waals surface area contributed by atoms with Crippen LogP contribution in [-0.4, -0.2) is 26.7 Å². The van der Waals surface area contributed by atoms with Crippen molar-refractivity contribution in [3.05, 3.63) is 11.6 Å². The SMILES string of the molecule is Cc1nnc(CNC2CCC(C(N)=O)CC2)n1C. The Morgan fingerprint density at radius 1 is 1.39 bits per heavy atom. The van der Waals surface area contributed by atoms with Crippen LogP contribution in [-0.2, 0) is 18.4 Å². The normalized spacial score (nSPS) is 24.1. The predicted molar refractivity (Wildman–Crippen MR) is 67.5 cm³/mol. The summed E-state index contributed by atoms with van der Waals surface area (Å²) in [6.45, 7) is 2.66. The molecule has 0 aliphatic heterocycles. The highest BCUT2D eigenvalue weighted by Crippen LogP contribution is 2.24. The van der Waals surface area contributed by atoms with E-state index in [0.29, 0.717) is 6.04 Å². The number of nitrogens with one attached hydrogen (secondary N) is 1. The average molecular weight is 251 g/mol. The van der Waals surface area contributed by atoms with Gasteiger partial charge in [-0.15, -0.1) is 10.2 Å². The lowest BCUT2D eigenvalue weighted by molar-refractivity contribution is -0.122. The van der Waals surface area contributed by atoms with E-state index in [0.717, 1.165) is 43.9 Å². The first-order valence-electron chi connectivity index (χ1n) is 6.45. The van der Waals surface area contributed by atoms with Crippen LogP contribution in [0.2, 0.25) is 0 Å². The van der Waals surface area contributed by atoms with E-state index in [1.54, 1.807) is 0 Å². The van der Waals surface area contributed by atoms with Gasteiger partial charge in [0.25, 0.3) is 0 Å². The third kappa shape index (κ3) is 2.87. The van der Waals surface area contributed by atoms with Gasteiger partial charge in [-0.2, -0.15) is 0 Å². The molecule has 100 valence electrons. The molecule has 1 aromatic heterocycles. The van der Waals surface area contributed by atoms with Crippen molar-refractivity contribution in [2.45, 2.75) is 45.2 Å². The number of aromatic nitrogens is 3. The molecular weight excluding hydrogens is 230 g/mol. The number of hydrogen-bond acceptors (Lipinski definition) is 4. The zero-order chi connectivity index (χ0) is 13.1. The molecule has 6 heteroatoms. The molecule has 6 nitrogen and oxygen atoms in total. The molecule has 1 fully saturated rings. The highest BCUT2D eigenvalue weighted by Gasteiger charge is 2.24. The Kier molecular flexibility index (Phi) is 3.96. The van der Waals surface area contributed by atoms with Gasteiger partial charge in [-0.3, -0.25) is 4.79 Å². The van der Waals surface area contributed by atoms with Crippen molar-refractivity contribution in [1.82, 2.24) is 20.1 Å². The topological polar surface area (TPSA) is 85.8 Å². The minimum Gasteiger partial charge on any atom is -0.369 e. The number of nitrogens with zero attached hydrogens (tertiary/aromatic N) is 3. The van der Waals surface area contributed by atoms with Gasteiger partial charge < -0.3 is 15.6 Å². The van der Waals surface area contributed by atoms with E-state index in [1.807, 2.05) is 18.5 Å². The lowest BCUT2D eigenvalue weighted by atomic mass is 9.85. The fourth-order valence-electron chi connectivity index (χ4n) is 2.42. The number of aryl methyl sites for hydroxylation is 1. The summed E-state index contributed by atoms with van der Waals surface area (Å²) in [5.74, 6) is 1.78. The quantitative estimate of drug-likeness (QED) is 0.803. The van der Waals surface area contributed by atoms with E-state index in [2.05, 4.69) is 15.5 Å². The molecule has 0 bridgehead atoms. The Balaban J connectivity index is 1.79. The van der Waals surface area contributed by atoms with Crippen molar-refractivity contribution >= 4 is 5.91 Å². The van der Waals surface area contributed by atoms with Crippen LogP contribution in [0.1, 0.15) is 37.3 Å². The lowest BCUT2D eigenvalue weighted by Gasteiger charge is -2.27. The van der Waals surface area contributed by atoms with Crippen molar-refractivity contribution in [2.24, 2.45) is 18.7 Å². The van der Waals surface area contributed by atoms with Crippen LogP contribution in [0.15, 0.2) is 0 Å². The Hall–Kier alpha value is -1.43. The largest absolute Gasteiger partial charge is 0.369 e. The molecule has 0 saturated heterocycles. The van der Waals surface area contributed by atoms with Gasteiger partial charge in [0.1, 0.15) is 11.6 Å². The second-order valence-corrected chi connectivity index (χ2v) is 5.05. The number of rotatable bonds is 4. The monoisotopic (exact) mass is 251 g/mol.